The first-order valence-electron chi connectivity index (χ1n) is 12.6. The molecule has 2 aliphatic rings. The number of halogens is 1. The number of nitrogens with one attached hydrogen (secondary N) is 1. The zero-order chi connectivity index (χ0) is 24.4. The van der Waals surface area contributed by atoms with E-state index in [4.69, 9.17) is 16.0 Å². The topological polar surface area (TPSA) is 67.5 Å². The Morgan fingerprint density at radius 1 is 1.06 bits per heavy atom. The number of hydrogen-bond acceptors (Lipinski definition) is 3. The van der Waals surface area contributed by atoms with Crippen molar-refractivity contribution in [3.8, 4) is 11.5 Å². The third kappa shape index (κ3) is 4.76. The lowest BCUT2D eigenvalue weighted by Gasteiger charge is -2.45. The smallest absolute Gasteiger partial charge is 0.271 e. The van der Waals surface area contributed by atoms with Crippen molar-refractivity contribution in [2.24, 2.45) is 0 Å². The average molecular weight is 494 g/mol. The van der Waals surface area contributed by atoms with Gasteiger partial charge in [0, 0.05) is 17.6 Å². The summed E-state index contributed by atoms with van der Waals surface area (Å²) in [6.45, 7) is 2.71. The van der Waals surface area contributed by atoms with Crippen LogP contribution < -0.4 is 5.32 Å². The Kier molecular flexibility index (Phi) is 6.74. The maximum Gasteiger partial charge on any atom is 0.271 e. The molecule has 1 saturated carbocycles. The fraction of sp³-hybridized carbons (Fsp3) is 0.429. The highest BCUT2D eigenvalue weighted by atomic mass is 35.5. The second kappa shape index (κ2) is 9.94. The van der Waals surface area contributed by atoms with Crippen LogP contribution in [-0.4, -0.2) is 39.4 Å². The first-order valence-corrected chi connectivity index (χ1v) is 12.9. The zero-order valence-electron chi connectivity index (χ0n) is 20.1. The molecule has 0 saturated heterocycles. The highest BCUT2D eigenvalue weighted by Crippen LogP contribution is 2.34. The van der Waals surface area contributed by atoms with Crippen LogP contribution in [0.25, 0.3) is 11.5 Å². The summed E-state index contributed by atoms with van der Waals surface area (Å²) in [5, 5.41) is 3.99. The van der Waals surface area contributed by atoms with Crippen molar-refractivity contribution in [3.63, 3.8) is 0 Å². The Bertz CT molecular complexity index is 1180. The van der Waals surface area contributed by atoms with E-state index in [9.17, 15) is 9.59 Å². The van der Waals surface area contributed by atoms with Gasteiger partial charge in [0.05, 0.1) is 18.5 Å². The maximum atomic E-state index is 13.9. The van der Waals surface area contributed by atoms with Crippen molar-refractivity contribution in [1.82, 2.24) is 14.8 Å². The van der Waals surface area contributed by atoms with E-state index in [1.54, 1.807) is 11.2 Å². The second-order valence-electron chi connectivity index (χ2n) is 9.94. The van der Waals surface area contributed by atoms with Crippen molar-refractivity contribution in [3.05, 3.63) is 71.1 Å². The van der Waals surface area contributed by atoms with E-state index in [2.05, 4.69) is 5.32 Å². The number of rotatable bonds is 6. The molecule has 6 nitrogen and oxygen atoms in total. The number of furan rings is 1. The summed E-state index contributed by atoms with van der Waals surface area (Å²) in [6.07, 6.45) is 8.94. The van der Waals surface area contributed by atoms with Crippen LogP contribution in [0.1, 0.15) is 61.5 Å². The van der Waals surface area contributed by atoms with E-state index >= 15 is 0 Å². The van der Waals surface area contributed by atoms with Crippen LogP contribution in [0, 0.1) is 0 Å². The lowest BCUT2D eigenvalue weighted by molar-refractivity contribution is -0.133. The Morgan fingerprint density at radius 3 is 2.46 bits per heavy atom. The standard InChI is InChI=1S/C28H32ClN3O3/c1-28(27(34)30-22-7-4-2-3-5-8-22)19-31-23(25-9-6-18-35-25)14-15-24(31)26(33)32(28)17-16-20-10-12-21(29)13-11-20/h6,9-15,18,22H,2-5,7-8,16-17,19H2,1H3,(H,30,34)/t28-/m0/s1. The SMILES string of the molecule is C[C@@]1(C(=O)NC2CCCCCC2)Cn2c(ccc2-c2ccco2)C(=O)N1CCc1ccc(Cl)cc1. The normalized spacial score (nSPS) is 21.0. The summed E-state index contributed by atoms with van der Waals surface area (Å²) < 4.78 is 7.57. The van der Waals surface area contributed by atoms with E-state index in [-0.39, 0.29) is 17.9 Å². The van der Waals surface area contributed by atoms with Gasteiger partial charge in [0.2, 0.25) is 5.91 Å². The summed E-state index contributed by atoms with van der Waals surface area (Å²) in [7, 11) is 0. The van der Waals surface area contributed by atoms with Gasteiger partial charge in [0.15, 0.2) is 0 Å². The Balaban J connectivity index is 1.46. The molecule has 1 aliphatic carbocycles. The lowest BCUT2D eigenvalue weighted by Crippen LogP contribution is -2.65. The van der Waals surface area contributed by atoms with Gasteiger partial charge in [-0.05, 0) is 68.1 Å². The molecule has 0 bridgehead atoms. The van der Waals surface area contributed by atoms with Crippen molar-refractivity contribution >= 4 is 23.4 Å². The van der Waals surface area contributed by atoms with Crippen LogP contribution in [-0.2, 0) is 17.8 Å². The van der Waals surface area contributed by atoms with E-state index in [0.29, 0.717) is 36.0 Å². The molecule has 1 fully saturated rings. The fourth-order valence-electron chi connectivity index (χ4n) is 5.42. The third-order valence-corrected chi connectivity index (χ3v) is 7.75. The molecule has 0 radical (unpaired) electrons. The molecule has 0 spiro atoms. The molecule has 7 heteroatoms. The van der Waals surface area contributed by atoms with Crippen molar-refractivity contribution in [1.29, 1.82) is 0 Å². The first-order chi connectivity index (χ1) is 17.0. The molecule has 3 aromatic rings. The molecule has 184 valence electrons. The van der Waals surface area contributed by atoms with Gasteiger partial charge in [0.25, 0.3) is 5.91 Å². The van der Waals surface area contributed by atoms with E-state index < -0.39 is 5.54 Å². The van der Waals surface area contributed by atoms with Gasteiger partial charge in [-0.1, -0.05) is 49.4 Å². The van der Waals surface area contributed by atoms with Gasteiger partial charge in [0.1, 0.15) is 17.0 Å². The maximum absolute atomic E-state index is 13.9. The summed E-state index contributed by atoms with van der Waals surface area (Å²) >= 11 is 6.05. The van der Waals surface area contributed by atoms with Crippen LogP contribution in [0.5, 0.6) is 0 Å². The third-order valence-electron chi connectivity index (χ3n) is 7.50. The minimum atomic E-state index is -1.02. The van der Waals surface area contributed by atoms with Crippen LogP contribution in [0.15, 0.2) is 59.2 Å². The number of benzene rings is 1. The minimum Gasteiger partial charge on any atom is -0.463 e. The molecule has 0 unspecified atom stereocenters. The van der Waals surface area contributed by atoms with Gasteiger partial charge >= 0.3 is 0 Å². The van der Waals surface area contributed by atoms with Crippen LogP contribution >= 0.6 is 11.6 Å². The molecule has 1 N–H and O–H groups in total. The van der Waals surface area contributed by atoms with Crippen molar-refractivity contribution in [2.45, 2.75) is 70.0 Å². The van der Waals surface area contributed by atoms with Crippen molar-refractivity contribution in [2.75, 3.05) is 6.54 Å². The fourth-order valence-corrected chi connectivity index (χ4v) is 5.54. The number of aromatic nitrogens is 1. The van der Waals surface area contributed by atoms with E-state index in [1.165, 1.54) is 12.8 Å². The molecule has 2 aromatic heterocycles. The van der Waals surface area contributed by atoms with Crippen molar-refractivity contribution < 1.29 is 14.0 Å². The van der Waals surface area contributed by atoms with Crippen LogP contribution in [0.4, 0.5) is 0 Å². The number of fused-ring (bicyclic) bond motifs is 1. The minimum absolute atomic E-state index is 0.0846. The zero-order valence-corrected chi connectivity index (χ0v) is 20.9. The Hall–Kier alpha value is -2.99. The summed E-state index contributed by atoms with van der Waals surface area (Å²) in [6, 6.07) is 15.2. The summed E-state index contributed by atoms with van der Waals surface area (Å²) in [5.74, 6) is 0.463. The van der Waals surface area contributed by atoms with E-state index in [0.717, 1.165) is 36.9 Å². The van der Waals surface area contributed by atoms with Gasteiger partial charge in [-0.3, -0.25) is 9.59 Å². The quantitative estimate of drug-likeness (QED) is 0.448. The predicted molar refractivity (Wildman–Crippen MR) is 136 cm³/mol. The molecule has 1 atom stereocenters. The van der Waals surface area contributed by atoms with Gasteiger partial charge < -0.3 is 19.2 Å². The summed E-state index contributed by atoms with van der Waals surface area (Å²) in [5.41, 5.74) is 1.44. The monoisotopic (exact) mass is 493 g/mol. The highest BCUT2D eigenvalue weighted by Gasteiger charge is 2.48. The second-order valence-corrected chi connectivity index (χ2v) is 10.4. The molecule has 1 aliphatic heterocycles. The molecular weight excluding hydrogens is 462 g/mol. The molecule has 35 heavy (non-hydrogen) atoms. The van der Waals surface area contributed by atoms with Gasteiger partial charge in [-0.25, -0.2) is 0 Å². The number of nitrogens with zero attached hydrogens (tertiary/aromatic N) is 2. The molecule has 3 heterocycles. The Labute approximate surface area is 211 Å². The van der Waals surface area contributed by atoms with Gasteiger partial charge in [-0.2, -0.15) is 0 Å². The molecule has 1 aromatic carbocycles. The molecular formula is C28H32ClN3O3. The number of amides is 2. The predicted octanol–water partition coefficient (Wildman–Crippen LogP) is 5.70. The first kappa shape index (κ1) is 23.7. The number of hydrogen-bond donors (Lipinski definition) is 1. The van der Waals surface area contributed by atoms with E-state index in [1.807, 2.05) is 60.0 Å². The average Bonchev–Trinajstić information content (AvgIpc) is 3.45. The highest BCUT2D eigenvalue weighted by molar-refractivity contribution is 6.30. The van der Waals surface area contributed by atoms with Gasteiger partial charge in [-0.15, -0.1) is 0 Å². The molecule has 5 rings (SSSR count). The number of carbonyl (C=O) groups is 2. The lowest BCUT2D eigenvalue weighted by atomic mass is 9.93. The largest absolute Gasteiger partial charge is 0.463 e. The summed E-state index contributed by atoms with van der Waals surface area (Å²) in [4.78, 5) is 29.5. The Morgan fingerprint density at radius 2 is 1.77 bits per heavy atom. The molecule has 2 amide bonds. The van der Waals surface area contributed by atoms with Crippen LogP contribution in [0.2, 0.25) is 5.02 Å². The van der Waals surface area contributed by atoms with Crippen LogP contribution in [0.3, 0.4) is 0 Å². The number of carbonyl (C=O) groups excluding carboxylic acids is 2.